The van der Waals surface area contributed by atoms with Gasteiger partial charge in [-0.25, -0.2) is 4.79 Å². The quantitative estimate of drug-likeness (QED) is 0.134. The molecule has 0 spiro atoms. The van der Waals surface area contributed by atoms with E-state index in [1.165, 1.54) is 16.7 Å². The molecular formula is C39H51NO5. The topological polar surface area (TPSA) is 65.1 Å². The molecule has 0 aliphatic heterocycles. The minimum absolute atomic E-state index is 0.0627. The van der Waals surface area contributed by atoms with Gasteiger partial charge in [-0.05, 0) is 105 Å². The van der Waals surface area contributed by atoms with Crippen LogP contribution in [0.15, 0.2) is 66.7 Å². The Kier molecular flexibility index (Phi) is 12.2. The largest absolute Gasteiger partial charge is 0.489 e. The molecule has 2 unspecified atom stereocenters. The Morgan fingerprint density at radius 2 is 1.67 bits per heavy atom. The van der Waals surface area contributed by atoms with Crippen LogP contribution in [-0.4, -0.2) is 36.6 Å². The zero-order valence-electron chi connectivity index (χ0n) is 28.1. The number of benzene rings is 3. The minimum atomic E-state index is -0.272. The fourth-order valence-corrected chi connectivity index (χ4v) is 6.29. The maximum Gasteiger partial charge on any atom is 0.338 e. The number of hydrogen-bond acceptors (Lipinski definition) is 6. The Morgan fingerprint density at radius 3 is 2.38 bits per heavy atom. The lowest BCUT2D eigenvalue weighted by Crippen LogP contribution is -2.35. The first-order valence-corrected chi connectivity index (χ1v) is 16.6. The maximum atomic E-state index is 12.5. The standard InChI is InChI=1S/C39H51NO5/c1-7-43-37(41)18-11-12-25-40(35-16-13-14-30-26-31(21-24-34(30)35)38(42)44-8-2)28(3)33-15-9-10-17-36(33)45-27-29-19-22-32(23-20-29)39(4,5)6/h9-10,15,17,19-24,26,28,35H,7-8,11-14,16,18,25,27H2,1-6H3. The van der Waals surface area contributed by atoms with Crippen molar-refractivity contribution in [3.63, 3.8) is 0 Å². The van der Waals surface area contributed by atoms with E-state index in [4.69, 9.17) is 14.2 Å². The molecule has 0 fully saturated rings. The summed E-state index contributed by atoms with van der Waals surface area (Å²) in [5.74, 6) is 0.474. The number of carbonyl (C=O) groups is 2. The van der Waals surface area contributed by atoms with Crippen LogP contribution in [0.5, 0.6) is 5.75 Å². The second-order valence-corrected chi connectivity index (χ2v) is 13.0. The molecule has 242 valence electrons. The van der Waals surface area contributed by atoms with Gasteiger partial charge in [0.2, 0.25) is 0 Å². The van der Waals surface area contributed by atoms with E-state index in [2.05, 4.69) is 81.1 Å². The molecule has 0 saturated carbocycles. The normalized spacial score (nSPS) is 15.3. The first-order valence-electron chi connectivity index (χ1n) is 16.6. The Bertz CT molecular complexity index is 1410. The summed E-state index contributed by atoms with van der Waals surface area (Å²) in [7, 11) is 0. The zero-order valence-corrected chi connectivity index (χ0v) is 28.1. The van der Waals surface area contributed by atoms with Gasteiger partial charge in [0.1, 0.15) is 12.4 Å². The molecule has 1 aliphatic rings. The summed E-state index contributed by atoms with van der Waals surface area (Å²) in [6.45, 7) is 14.7. The van der Waals surface area contributed by atoms with E-state index >= 15 is 0 Å². The van der Waals surface area contributed by atoms with Crippen molar-refractivity contribution in [3.8, 4) is 5.75 Å². The lowest BCUT2D eigenvalue weighted by atomic mass is 9.84. The number of hydrogen-bond donors (Lipinski definition) is 0. The van der Waals surface area contributed by atoms with Crippen molar-refractivity contribution in [2.45, 2.75) is 104 Å². The van der Waals surface area contributed by atoms with Crippen LogP contribution < -0.4 is 4.74 Å². The molecule has 3 aromatic rings. The summed E-state index contributed by atoms with van der Waals surface area (Å²) < 4.78 is 16.9. The highest BCUT2D eigenvalue weighted by molar-refractivity contribution is 5.89. The smallest absolute Gasteiger partial charge is 0.338 e. The molecule has 0 heterocycles. The van der Waals surface area contributed by atoms with Crippen LogP contribution in [0.3, 0.4) is 0 Å². The molecule has 4 rings (SSSR count). The third-order valence-corrected chi connectivity index (χ3v) is 8.77. The van der Waals surface area contributed by atoms with Gasteiger partial charge in [-0.15, -0.1) is 0 Å². The van der Waals surface area contributed by atoms with E-state index in [0.717, 1.165) is 55.5 Å². The van der Waals surface area contributed by atoms with Crippen molar-refractivity contribution in [1.82, 2.24) is 4.90 Å². The lowest BCUT2D eigenvalue weighted by molar-refractivity contribution is -0.143. The molecule has 0 amide bonds. The van der Waals surface area contributed by atoms with Crippen molar-refractivity contribution >= 4 is 11.9 Å². The SMILES string of the molecule is CCOC(=O)CCCCN(C(C)c1ccccc1OCc1ccc(C(C)(C)C)cc1)C1CCCc2cc(C(=O)OCC)ccc21. The van der Waals surface area contributed by atoms with Gasteiger partial charge in [0.15, 0.2) is 0 Å². The molecule has 6 nitrogen and oxygen atoms in total. The van der Waals surface area contributed by atoms with Gasteiger partial charge >= 0.3 is 11.9 Å². The number of fused-ring (bicyclic) bond motifs is 1. The number of esters is 2. The first kappa shape index (κ1) is 34.2. The fraction of sp³-hybridized carbons (Fsp3) is 0.487. The number of ether oxygens (including phenoxy) is 3. The predicted octanol–water partition coefficient (Wildman–Crippen LogP) is 8.91. The van der Waals surface area contributed by atoms with Crippen LogP contribution in [0.2, 0.25) is 0 Å². The average molecular weight is 614 g/mol. The fourth-order valence-electron chi connectivity index (χ4n) is 6.29. The second kappa shape index (κ2) is 16.1. The third kappa shape index (κ3) is 9.20. The Balaban J connectivity index is 1.58. The van der Waals surface area contributed by atoms with Gasteiger partial charge in [0, 0.05) is 24.1 Å². The van der Waals surface area contributed by atoms with E-state index in [9.17, 15) is 9.59 Å². The molecule has 0 bridgehead atoms. The molecule has 6 heteroatoms. The third-order valence-electron chi connectivity index (χ3n) is 8.77. The number of para-hydroxylation sites is 1. The molecule has 0 aromatic heterocycles. The lowest BCUT2D eigenvalue weighted by Gasteiger charge is -2.40. The highest BCUT2D eigenvalue weighted by Gasteiger charge is 2.31. The van der Waals surface area contributed by atoms with Gasteiger partial charge in [0.25, 0.3) is 0 Å². The van der Waals surface area contributed by atoms with Crippen LogP contribution in [0.1, 0.15) is 124 Å². The summed E-state index contributed by atoms with van der Waals surface area (Å²) in [5, 5.41) is 0. The van der Waals surface area contributed by atoms with Crippen molar-refractivity contribution < 1.29 is 23.8 Å². The summed E-state index contributed by atoms with van der Waals surface area (Å²) >= 11 is 0. The van der Waals surface area contributed by atoms with E-state index in [1.54, 1.807) is 0 Å². The molecule has 0 saturated heterocycles. The first-order chi connectivity index (χ1) is 21.6. The second-order valence-electron chi connectivity index (χ2n) is 13.0. The molecular weight excluding hydrogens is 562 g/mol. The number of nitrogens with zero attached hydrogens (tertiary/aromatic N) is 1. The highest BCUT2D eigenvalue weighted by Crippen LogP contribution is 2.41. The van der Waals surface area contributed by atoms with E-state index in [-0.39, 0.29) is 29.4 Å². The predicted molar refractivity (Wildman–Crippen MR) is 180 cm³/mol. The van der Waals surface area contributed by atoms with Crippen molar-refractivity contribution in [3.05, 3.63) is 100 Å². The van der Waals surface area contributed by atoms with Gasteiger partial charge < -0.3 is 14.2 Å². The zero-order chi connectivity index (χ0) is 32.4. The van der Waals surface area contributed by atoms with Crippen LogP contribution in [0.25, 0.3) is 0 Å². The number of unbranched alkanes of at least 4 members (excludes halogenated alkanes) is 1. The van der Waals surface area contributed by atoms with E-state index in [0.29, 0.717) is 31.8 Å². The molecule has 3 aromatic carbocycles. The maximum absolute atomic E-state index is 12.5. The van der Waals surface area contributed by atoms with E-state index < -0.39 is 0 Å². The minimum Gasteiger partial charge on any atom is -0.489 e. The van der Waals surface area contributed by atoms with Gasteiger partial charge in [-0.3, -0.25) is 9.69 Å². The molecule has 0 radical (unpaired) electrons. The summed E-state index contributed by atoms with van der Waals surface area (Å²) in [4.78, 5) is 27.1. The van der Waals surface area contributed by atoms with Crippen molar-refractivity contribution in [1.29, 1.82) is 0 Å². The molecule has 2 atom stereocenters. The summed E-state index contributed by atoms with van der Waals surface area (Å²) in [6, 6.07) is 23.3. The average Bonchev–Trinajstić information content (AvgIpc) is 3.03. The number of carbonyl (C=O) groups excluding carboxylic acids is 2. The molecule has 1 aliphatic carbocycles. The molecule has 0 N–H and O–H groups in total. The van der Waals surface area contributed by atoms with Crippen molar-refractivity contribution in [2.75, 3.05) is 19.8 Å². The Hall–Kier alpha value is -3.64. The van der Waals surface area contributed by atoms with Gasteiger partial charge in [-0.1, -0.05) is 69.3 Å². The van der Waals surface area contributed by atoms with Gasteiger partial charge in [-0.2, -0.15) is 0 Å². The van der Waals surface area contributed by atoms with Crippen LogP contribution >= 0.6 is 0 Å². The molecule has 45 heavy (non-hydrogen) atoms. The number of aryl methyl sites for hydroxylation is 1. The number of rotatable bonds is 14. The van der Waals surface area contributed by atoms with Crippen LogP contribution in [0.4, 0.5) is 0 Å². The Morgan fingerprint density at radius 1 is 0.933 bits per heavy atom. The van der Waals surface area contributed by atoms with Crippen LogP contribution in [0, 0.1) is 0 Å². The summed E-state index contributed by atoms with van der Waals surface area (Å²) in [6.07, 6.45) is 5.08. The highest BCUT2D eigenvalue weighted by atomic mass is 16.5. The monoisotopic (exact) mass is 613 g/mol. The van der Waals surface area contributed by atoms with Crippen LogP contribution in [-0.2, 0) is 32.7 Å². The Labute approximate surface area is 270 Å². The summed E-state index contributed by atoms with van der Waals surface area (Å²) in [5.41, 5.74) is 6.79. The van der Waals surface area contributed by atoms with Crippen molar-refractivity contribution in [2.24, 2.45) is 0 Å². The van der Waals surface area contributed by atoms with E-state index in [1.807, 2.05) is 32.0 Å². The van der Waals surface area contributed by atoms with Gasteiger partial charge in [0.05, 0.1) is 18.8 Å².